The van der Waals surface area contributed by atoms with Crippen LogP contribution in [-0.4, -0.2) is 37.7 Å². The lowest BCUT2D eigenvalue weighted by atomic mass is 9.82. The topological polar surface area (TPSA) is 24.5 Å². The first-order chi connectivity index (χ1) is 8.72. The van der Waals surface area contributed by atoms with Crippen molar-refractivity contribution in [2.24, 2.45) is 0 Å². The van der Waals surface area contributed by atoms with Crippen molar-refractivity contribution in [1.29, 1.82) is 0 Å². The highest BCUT2D eigenvalue weighted by Crippen LogP contribution is 2.42. The van der Waals surface area contributed by atoms with E-state index in [9.17, 15) is 0 Å². The van der Waals surface area contributed by atoms with Crippen molar-refractivity contribution in [3.63, 3.8) is 0 Å². The Morgan fingerprint density at radius 1 is 1.39 bits per heavy atom. The van der Waals surface area contributed by atoms with Crippen LogP contribution in [0.2, 0.25) is 0 Å². The van der Waals surface area contributed by atoms with Gasteiger partial charge in [-0.15, -0.1) is 0 Å². The average molecular weight is 246 g/mol. The van der Waals surface area contributed by atoms with Crippen molar-refractivity contribution in [3.05, 3.63) is 29.8 Å². The summed E-state index contributed by atoms with van der Waals surface area (Å²) in [5.41, 5.74) is 1.31. The third-order valence-electron chi connectivity index (χ3n) is 4.28. The van der Waals surface area contributed by atoms with Gasteiger partial charge >= 0.3 is 0 Å². The lowest BCUT2D eigenvalue weighted by Gasteiger charge is -2.46. The minimum atomic E-state index is 0.00896. The van der Waals surface area contributed by atoms with E-state index < -0.39 is 0 Å². The fourth-order valence-electron chi connectivity index (χ4n) is 3.45. The summed E-state index contributed by atoms with van der Waals surface area (Å²) >= 11 is 0. The molecule has 2 unspecified atom stereocenters. The van der Waals surface area contributed by atoms with Gasteiger partial charge in [0.1, 0.15) is 11.4 Å². The van der Waals surface area contributed by atoms with Gasteiger partial charge in [-0.3, -0.25) is 0 Å². The number of nitrogens with zero attached hydrogens (tertiary/aromatic N) is 1. The lowest BCUT2D eigenvalue weighted by Crippen LogP contribution is -2.54. The molecule has 1 fully saturated rings. The molecule has 3 nitrogen and oxygen atoms in total. The zero-order chi connectivity index (χ0) is 12.6. The predicted molar refractivity (Wildman–Crippen MR) is 72.9 cm³/mol. The molecule has 2 aliphatic rings. The van der Waals surface area contributed by atoms with Crippen LogP contribution < -0.4 is 10.1 Å². The molecule has 1 aromatic carbocycles. The smallest absolute Gasteiger partial charge is 0.124 e. The Morgan fingerprint density at radius 3 is 3.00 bits per heavy atom. The summed E-state index contributed by atoms with van der Waals surface area (Å²) in [4.78, 5) is 2.39. The highest BCUT2D eigenvalue weighted by molar-refractivity contribution is 5.39. The summed E-state index contributed by atoms with van der Waals surface area (Å²) in [5, 5.41) is 3.45. The van der Waals surface area contributed by atoms with Gasteiger partial charge in [-0.2, -0.15) is 0 Å². The van der Waals surface area contributed by atoms with Gasteiger partial charge in [-0.05, 0) is 39.5 Å². The van der Waals surface area contributed by atoms with Crippen LogP contribution in [0.15, 0.2) is 24.3 Å². The highest BCUT2D eigenvalue weighted by Gasteiger charge is 2.42. The molecule has 2 atom stereocenters. The fraction of sp³-hybridized carbons (Fsp3) is 0.600. The van der Waals surface area contributed by atoms with Gasteiger partial charge in [-0.1, -0.05) is 18.2 Å². The van der Waals surface area contributed by atoms with Crippen molar-refractivity contribution in [2.75, 3.05) is 27.2 Å². The minimum Gasteiger partial charge on any atom is -0.486 e. The number of hydrogen-bond acceptors (Lipinski definition) is 3. The second kappa shape index (κ2) is 4.56. The molecule has 0 bridgehead atoms. The molecule has 0 amide bonds. The van der Waals surface area contributed by atoms with E-state index in [2.05, 4.69) is 41.5 Å². The van der Waals surface area contributed by atoms with E-state index in [-0.39, 0.29) is 5.60 Å². The standard InChI is InChI=1S/C15H22N2O/c1-16-13-10-15(8-5-9-17(2)11-15)18-14-7-4-3-6-12(13)14/h3-4,6-7,13,16H,5,8-11H2,1-2H3. The molecule has 1 N–H and O–H groups in total. The van der Waals surface area contributed by atoms with Crippen molar-refractivity contribution in [3.8, 4) is 5.75 Å². The maximum atomic E-state index is 6.38. The Bertz CT molecular complexity index is 434. The van der Waals surface area contributed by atoms with E-state index in [1.807, 2.05) is 7.05 Å². The zero-order valence-electron chi connectivity index (χ0n) is 11.3. The van der Waals surface area contributed by atoms with E-state index in [1.54, 1.807) is 0 Å². The van der Waals surface area contributed by atoms with E-state index in [0.717, 1.165) is 18.7 Å². The van der Waals surface area contributed by atoms with Gasteiger partial charge in [0, 0.05) is 24.6 Å². The Hall–Kier alpha value is -1.06. The molecule has 3 rings (SSSR count). The lowest BCUT2D eigenvalue weighted by molar-refractivity contribution is -0.0263. The second-order valence-electron chi connectivity index (χ2n) is 5.71. The largest absolute Gasteiger partial charge is 0.486 e. The minimum absolute atomic E-state index is 0.00896. The number of ether oxygens (including phenoxy) is 1. The quantitative estimate of drug-likeness (QED) is 0.822. The van der Waals surface area contributed by atoms with Crippen LogP contribution in [0, 0.1) is 0 Å². The molecule has 2 heterocycles. The summed E-state index contributed by atoms with van der Waals surface area (Å²) in [6, 6.07) is 8.86. The molecule has 0 radical (unpaired) electrons. The molecule has 1 spiro atoms. The van der Waals surface area contributed by atoms with Crippen molar-refractivity contribution < 1.29 is 4.74 Å². The summed E-state index contributed by atoms with van der Waals surface area (Å²) in [5.74, 6) is 1.07. The van der Waals surface area contributed by atoms with E-state index in [1.165, 1.54) is 24.9 Å². The van der Waals surface area contributed by atoms with Crippen molar-refractivity contribution in [1.82, 2.24) is 10.2 Å². The number of hydrogen-bond donors (Lipinski definition) is 1. The number of nitrogens with one attached hydrogen (secondary N) is 1. The van der Waals surface area contributed by atoms with E-state index in [4.69, 9.17) is 4.74 Å². The predicted octanol–water partition coefficient (Wildman–Crippen LogP) is 2.19. The van der Waals surface area contributed by atoms with Gasteiger partial charge in [0.2, 0.25) is 0 Å². The van der Waals surface area contributed by atoms with E-state index >= 15 is 0 Å². The molecule has 0 aromatic heterocycles. The highest BCUT2D eigenvalue weighted by atomic mass is 16.5. The average Bonchev–Trinajstić information content (AvgIpc) is 2.37. The first kappa shape index (κ1) is 12.0. The first-order valence-electron chi connectivity index (χ1n) is 6.86. The molecular formula is C15H22N2O. The third kappa shape index (κ3) is 2.02. The molecule has 2 aliphatic heterocycles. The van der Waals surface area contributed by atoms with Crippen LogP contribution in [0.25, 0.3) is 0 Å². The third-order valence-corrected chi connectivity index (χ3v) is 4.28. The van der Waals surface area contributed by atoms with Gasteiger partial charge in [0.15, 0.2) is 0 Å². The molecule has 3 heteroatoms. The molecule has 1 saturated heterocycles. The summed E-state index contributed by atoms with van der Waals surface area (Å²) in [7, 11) is 4.24. The number of rotatable bonds is 1. The maximum Gasteiger partial charge on any atom is 0.124 e. The molecule has 18 heavy (non-hydrogen) atoms. The van der Waals surface area contributed by atoms with Crippen LogP contribution in [-0.2, 0) is 0 Å². The Kier molecular flexibility index (Phi) is 3.04. The zero-order valence-corrected chi connectivity index (χ0v) is 11.3. The van der Waals surface area contributed by atoms with Crippen molar-refractivity contribution in [2.45, 2.75) is 30.9 Å². The number of para-hydroxylation sites is 1. The number of likely N-dealkylation sites (N-methyl/N-ethyl adjacent to an activating group) is 1. The molecular weight excluding hydrogens is 224 g/mol. The molecule has 0 aliphatic carbocycles. The van der Waals surface area contributed by atoms with Gasteiger partial charge < -0.3 is 15.0 Å². The van der Waals surface area contributed by atoms with Gasteiger partial charge in [-0.25, -0.2) is 0 Å². The summed E-state index contributed by atoms with van der Waals surface area (Å²) in [6.07, 6.45) is 3.48. The Labute approximate surface area is 109 Å². The molecule has 98 valence electrons. The number of fused-ring (bicyclic) bond motifs is 1. The number of piperidine rings is 1. The van der Waals surface area contributed by atoms with Gasteiger partial charge in [0.05, 0.1) is 0 Å². The monoisotopic (exact) mass is 246 g/mol. The molecule has 1 aromatic rings. The second-order valence-corrected chi connectivity index (χ2v) is 5.71. The molecule has 0 saturated carbocycles. The number of likely N-dealkylation sites (tertiary alicyclic amines) is 1. The fourth-order valence-corrected chi connectivity index (χ4v) is 3.45. The Morgan fingerprint density at radius 2 is 2.22 bits per heavy atom. The van der Waals surface area contributed by atoms with Crippen LogP contribution in [0.5, 0.6) is 5.75 Å². The Balaban J connectivity index is 1.93. The maximum absolute atomic E-state index is 6.38. The summed E-state index contributed by atoms with van der Waals surface area (Å²) < 4.78 is 6.38. The van der Waals surface area contributed by atoms with Crippen molar-refractivity contribution >= 4 is 0 Å². The van der Waals surface area contributed by atoms with Gasteiger partial charge in [0.25, 0.3) is 0 Å². The normalized spacial score (nSPS) is 32.0. The van der Waals surface area contributed by atoms with E-state index in [0.29, 0.717) is 6.04 Å². The van der Waals surface area contributed by atoms with Crippen LogP contribution >= 0.6 is 0 Å². The summed E-state index contributed by atoms with van der Waals surface area (Å²) in [6.45, 7) is 2.23. The van der Waals surface area contributed by atoms with Crippen LogP contribution in [0.3, 0.4) is 0 Å². The SMILES string of the molecule is CNC1CC2(CCCN(C)C2)Oc2ccccc21. The van der Waals surface area contributed by atoms with Crippen LogP contribution in [0.4, 0.5) is 0 Å². The number of benzene rings is 1. The first-order valence-corrected chi connectivity index (χ1v) is 6.86. The van der Waals surface area contributed by atoms with Crippen LogP contribution in [0.1, 0.15) is 30.9 Å².